The van der Waals surface area contributed by atoms with Crippen LogP contribution in [0.3, 0.4) is 0 Å². The molecule has 32 heavy (non-hydrogen) atoms. The largest absolute Gasteiger partial charge is 0.488 e. The van der Waals surface area contributed by atoms with E-state index in [0.717, 1.165) is 26.3 Å². The van der Waals surface area contributed by atoms with Crippen LogP contribution in [-0.4, -0.2) is 25.2 Å². The maximum atomic E-state index is 10.5. The molecule has 0 unspecified atom stereocenters. The molecule has 0 aromatic heterocycles. The number of benzene rings is 4. The average molecular weight is 433 g/mol. The molecule has 2 N–H and O–H groups in total. The zero-order valence-electron chi connectivity index (χ0n) is 17.9. The average Bonchev–Trinajstić information content (AvgIpc) is 2.86. The van der Waals surface area contributed by atoms with Crippen LogP contribution in [-0.2, 0) is 6.42 Å². The van der Waals surface area contributed by atoms with E-state index in [-0.39, 0.29) is 0 Å². The minimum atomic E-state index is -2.99. The summed E-state index contributed by atoms with van der Waals surface area (Å²) in [7, 11) is -4.64. The van der Waals surface area contributed by atoms with Crippen LogP contribution >= 0.6 is 0 Å². The summed E-state index contributed by atoms with van der Waals surface area (Å²) in [6, 6.07) is 36.6. The summed E-state index contributed by atoms with van der Waals surface area (Å²) in [6.45, 7) is 2.02. The van der Waals surface area contributed by atoms with Crippen LogP contribution in [0, 0.1) is 11.3 Å². The van der Waals surface area contributed by atoms with Crippen molar-refractivity contribution in [2.45, 2.75) is 13.3 Å². The van der Waals surface area contributed by atoms with Crippen molar-refractivity contribution >= 4 is 41.4 Å². The summed E-state index contributed by atoms with van der Waals surface area (Å²) in [4.78, 5) is 0. The summed E-state index contributed by atoms with van der Waals surface area (Å²) in [6.07, 6.45) is 0.611. The molecule has 5 heteroatoms. The highest BCUT2D eigenvalue weighted by molar-refractivity contribution is 7.21. The van der Waals surface area contributed by atoms with Gasteiger partial charge in [-0.05, 0) is 44.3 Å². The van der Waals surface area contributed by atoms with Crippen molar-refractivity contribution in [2.24, 2.45) is 0 Å². The molecule has 4 aromatic rings. The van der Waals surface area contributed by atoms with Crippen molar-refractivity contribution in [3.63, 3.8) is 0 Å². The first kappa shape index (κ1) is 21.8. The molecule has 0 saturated heterocycles. The Labute approximate surface area is 190 Å². The van der Waals surface area contributed by atoms with Crippen molar-refractivity contribution in [3.8, 4) is 6.07 Å². The zero-order valence-corrected chi connectivity index (χ0v) is 18.9. The lowest BCUT2D eigenvalue weighted by atomic mass is 9.78. The van der Waals surface area contributed by atoms with Gasteiger partial charge in [-0.15, -0.1) is 0 Å². The van der Waals surface area contributed by atoms with Gasteiger partial charge >= 0.3 is 7.12 Å². The van der Waals surface area contributed by atoms with E-state index in [1.165, 1.54) is 0 Å². The first-order chi connectivity index (χ1) is 15.6. The smallest absolute Gasteiger partial charge is 0.423 e. The van der Waals surface area contributed by atoms with E-state index in [1.807, 2.05) is 61.5 Å². The van der Waals surface area contributed by atoms with Crippen molar-refractivity contribution in [1.29, 1.82) is 5.26 Å². The lowest BCUT2D eigenvalue weighted by molar-refractivity contribution is 0.426. The Morgan fingerprint density at radius 2 is 1.16 bits per heavy atom. The molecule has 0 heterocycles. The Kier molecular flexibility index (Phi) is 6.38. The molecule has 0 atom stereocenters. The van der Waals surface area contributed by atoms with E-state index >= 15 is 0 Å². The van der Waals surface area contributed by atoms with Gasteiger partial charge in [0.15, 0.2) is 8.07 Å². The topological polar surface area (TPSA) is 64.2 Å². The van der Waals surface area contributed by atoms with Crippen molar-refractivity contribution in [3.05, 3.63) is 114 Å². The van der Waals surface area contributed by atoms with Gasteiger partial charge in [-0.1, -0.05) is 104 Å². The fourth-order valence-electron chi connectivity index (χ4n) is 4.79. The van der Waals surface area contributed by atoms with Gasteiger partial charge in [0.2, 0.25) is 0 Å². The van der Waals surface area contributed by atoms with Gasteiger partial charge in [-0.2, -0.15) is 5.26 Å². The highest BCUT2D eigenvalue weighted by atomic mass is 28.3. The van der Waals surface area contributed by atoms with E-state index < -0.39 is 15.2 Å². The SMILES string of the molecule is CCc1c(C#N)ccc(B(O)O)c1[Si](c1ccccc1)(c1ccccc1)c1ccccc1. The van der Waals surface area contributed by atoms with E-state index in [2.05, 4.69) is 42.5 Å². The summed E-state index contributed by atoms with van der Waals surface area (Å²) in [5, 5.41) is 35.2. The standard InChI is InChI=1S/C27H24BNO2Si/c1-2-25-21(20-29)18-19-26(28(30)31)27(25)32(22-12-6-3-7-13-22,23-14-8-4-9-15-23)24-16-10-5-11-17-24/h3-19,30-31H,2H2,1H3. The Bertz CT molecular complexity index is 1140. The highest BCUT2D eigenvalue weighted by Gasteiger charge is 2.45. The number of hydrogen-bond donors (Lipinski definition) is 2. The van der Waals surface area contributed by atoms with Crippen LogP contribution in [0.25, 0.3) is 0 Å². The minimum absolute atomic E-state index is 0.462. The fraction of sp³-hybridized carbons (Fsp3) is 0.0741. The zero-order chi connectivity index (χ0) is 22.6. The predicted octanol–water partition coefficient (Wildman–Crippen LogP) is 1.18. The summed E-state index contributed by atoms with van der Waals surface area (Å²) >= 11 is 0. The highest BCUT2D eigenvalue weighted by Crippen LogP contribution is 2.15. The number of nitrogens with zero attached hydrogens (tertiary/aromatic N) is 1. The molecule has 3 nitrogen and oxygen atoms in total. The van der Waals surface area contributed by atoms with E-state index in [4.69, 9.17) is 0 Å². The third kappa shape index (κ3) is 3.59. The van der Waals surface area contributed by atoms with Gasteiger partial charge < -0.3 is 10.0 Å². The molecular weight excluding hydrogens is 409 g/mol. The van der Waals surface area contributed by atoms with Crippen LogP contribution in [0.4, 0.5) is 0 Å². The molecule has 0 saturated carbocycles. The van der Waals surface area contributed by atoms with Gasteiger partial charge in [-0.25, -0.2) is 0 Å². The monoisotopic (exact) mass is 433 g/mol. The van der Waals surface area contributed by atoms with E-state index in [1.54, 1.807) is 12.1 Å². The summed E-state index contributed by atoms with van der Waals surface area (Å²) < 4.78 is 0. The van der Waals surface area contributed by atoms with Crippen molar-refractivity contribution in [1.82, 2.24) is 0 Å². The molecule has 0 aliphatic carbocycles. The van der Waals surface area contributed by atoms with Crippen LogP contribution < -0.4 is 26.2 Å². The number of rotatable bonds is 6. The molecule has 0 bridgehead atoms. The maximum absolute atomic E-state index is 10.5. The Hall–Kier alpha value is -3.43. The molecule has 0 fully saturated rings. The summed E-state index contributed by atoms with van der Waals surface area (Å²) in [5.74, 6) is 0. The first-order valence-corrected chi connectivity index (χ1v) is 12.7. The normalized spacial score (nSPS) is 11.1. The molecule has 0 aliphatic rings. The predicted molar refractivity (Wildman–Crippen MR) is 134 cm³/mol. The third-order valence-corrected chi connectivity index (χ3v) is 11.0. The van der Waals surface area contributed by atoms with E-state index in [9.17, 15) is 15.3 Å². The number of nitriles is 1. The lowest BCUT2D eigenvalue weighted by Gasteiger charge is -2.37. The first-order valence-electron chi connectivity index (χ1n) is 10.7. The molecule has 0 amide bonds. The second-order valence-corrected chi connectivity index (χ2v) is 11.5. The molecule has 0 radical (unpaired) electrons. The van der Waals surface area contributed by atoms with Crippen molar-refractivity contribution in [2.75, 3.05) is 0 Å². The summed E-state index contributed by atoms with van der Waals surface area (Å²) in [5.41, 5.74) is 1.91. The number of hydrogen-bond acceptors (Lipinski definition) is 3. The maximum Gasteiger partial charge on any atom is 0.488 e. The molecule has 4 rings (SSSR count). The molecule has 156 valence electrons. The quantitative estimate of drug-likeness (QED) is 0.355. The third-order valence-electron chi connectivity index (χ3n) is 6.09. The van der Waals surface area contributed by atoms with Gasteiger partial charge in [0.05, 0.1) is 11.6 Å². The second-order valence-electron chi connectivity index (χ2n) is 7.74. The van der Waals surface area contributed by atoms with Gasteiger partial charge in [0.25, 0.3) is 0 Å². The second kappa shape index (κ2) is 9.37. The minimum Gasteiger partial charge on any atom is -0.423 e. The van der Waals surface area contributed by atoms with Gasteiger partial charge in [0.1, 0.15) is 0 Å². The Balaban J connectivity index is 2.29. The van der Waals surface area contributed by atoms with Crippen LogP contribution in [0.2, 0.25) is 0 Å². The lowest BCUT2D eigenvalue weighted by Crippen LogP contribution is -2.79. The molecule has 4 aromatic carbocycles. The van der Waals surface area contributed by atoms with Crippen LogP contribution in [0.1, 0.15) is 18.1 Å². The van der Waals surface area contributed by atoms with Gasteiger partial charge in [0, 0.05) is 0 Å². The van der Waals surface area contributed by atoms with Gasteiger partial charge in [-0.3, -0.25) is 0 Å². The Morgan fingerprint density at radius 1 is 0.719 bits per heavy atom. The van der Waals surface area contributed by atoms with Crippen LogP contribution in [0.5, 0.6) is 0 Å². The molecule has 0 spiro atoms. The van der Waals surface area contributed by atoms with Crippen LogP contribution in [0.15, 0.2) is 103 Å². The Morgan fingerprint density at radius 3 is 1.50 bits per heavy atom. The molecule has 0 aliphatic heterocycles. The van der Waals surface area contributed by atoms with E-state index in [0.29, 0.717) is 17.4 Å². The van der Waals surface area contributed by atoms with Crippen molar-refractivity contribution < 1.29 is 10.0 Å². The fourth-order valence-corrected chi connectivity index (χ4v) is 10.1. The molecular formula is C27H24BNO2Si.